The highest BCUT2D eigenvalue weighted by atomic mass is 32.1. The molecule has 32 heavy (non-hydrogen) atoms. The number of pyridine rings is 1. The highest BCUT2D eigenvalue weighted by molar-refractivity contribution is 7.13. The number of thiophene rings is 1. The van der Waals surface area contributed by atoms with Crippen molar-refractivity contribution in [2.45, 2.75) is 53.7 Å². The molecule has 2 aromatic heterocycles. The summed E-state index contributed by atoms with van der Waals surface area (Å²) in [6.45, 7) is 11.2. The molecule has 2 aromatic rings. The van der Waals surface area contributed by atoms with Crippen molar-refractivity contribution in [3.05, 3.63) is 56.4 Å². The van der Waals surface area contributed by atoms with Crippen LogP contribution in [-0.2, 0) is 27.4 Å². The number of nitrogens with one attached hydrogen (secondary N) is 1. The summed E-state index contributed by atoms with van der Waals surface area (Å²) in [5.74, 6) is 0.372. The molecule has 172 valence electrons. The van der Waals surface area contributed by atoms with Crippen molar-refractivity contribution < 1.29 is 14.3 Å². The van der Waals surface area contributed by atoms with E-state index in [-0.39, 0.29) is 11.9 Å². The van der Waals surface area contributed by atoms with E-state index in [1.165, 1.54) is 20.9 Å². The van der Waals surface area contributed by atoms with E-state index in [9.17, 15) is 9.59 Å². The summed E-state index contributed by atoms with van der Waals surface area (Å²) in [7, 11) is 1.83. The monoisotopic (exact) mass is 455 g/mol. The van der Waals surface area contributed by atoms with Crippen LogP contribution in [0.15, 0.2) is 24.4 Å². The lowest BCUT2D eigenvalue weighted by molar-refractivity contribution is -0.126. The highest BCUT2D eigenvalue weighted by Gasteiger charge is 2.22. The number of carbonyl (C=O) groups is 2. The molecule has 0 aliphatic rings. The van der Waals surface area contributed by atoms with Gasteiger partial charge in [0.2, 0.25) is 12.3 Å². The first-order chi connectivity index (χ1) is 15.4. The van der Waals surface area contributed by atoms with Gasteiger partial charge in [-0.1, -0.05) is 13.0 Å². The van der Waals surface area contributed by atoms with Crippen molar-refractivity contribution in [2.24, 2.45) is 0 Å². The Kier molecular flexibility index (Phi) is 9.81. The summed E-state index contributed by atoms with van der Waals surface area (Å²) in [4.78, 5) is 32.2. The predicted molar refractivity (Wildman–Crippen MR) is 133 cm³/mol. The Balaban J connectivity index is 2.20. The molecule has 0 radical (unpaired) electrons. The van der Waals surface area contributed by atoms with Crippen LogP contribution < -0.4 is 5.32 Å². The number of ether oxygens (including phenoxy) is 1. The van der Waals surface area contributed by atoms with Gasteiger partial charge < -0.3 is 15.0 Å². The zero-order valence-corrected chi connectivity index (χ0v) is 20.6. The van der Waals surface area contributed by atoms with Gasteiger partial charge in [-0.15, -0.1) is 11.3 Å². The molecule has 0 aliphatic carbocycles. The number of hydrogen-bond donors (Lipinski definition) is 1. The van der Waals surface area contributed by atoms with Crippen LogP contribution in [0.25, 0.3) is 12.2 Å². The Labute approximate surface area is 195 Å². The SMILES string of the molecule is C/C=C\c1sc(C(C)N(C)C(=O)/C=C/c2cnc(NC=O)c(COCC)c2)c(C)c1CC. The minimum absolute atomic E-state index is 0.0349. The number of aromatic nitrogens is 1. The number of carbonyl (C=O) groups excluding carboxylic acids is 2. The Morgan fingerprint density at radius 2 is 2.09 bits per heavy atom. The third-order valence-electron chi connectivity index (χ3n) is 5.38. The van der Waals surface area contributed by atoms with Gasteiger partial charge in [-0.3, -0.25) is 9.59 Å². The zero-order chi connectivity index (χ0) is 23.7. The molecule has 0 saturated heterocycles. The molecule has 0 spiro atoms. The maximum atomic E-state index is 12.9. The molecule has 6 nitrogen and oxygen atoms in total. The molecule has 1 unspecified atom stereocenters. The van der Waals surface area contributed by atoms with Crippen LogP contribution in [0.4, 0.5) is 5.82 Å². The van der Waals surface area contributed by atoms with Gasteiger partial charge in [-0.25, -0.2) is 4.98 Å². The highest BCUT2D eigenvalue weighted by Crippen LogP contribution is 2.36. The molecule has 0 aromatic carbocycles. The van der Waals surface area contributed by atoms with Gasteiger partial charge in [-0.2, -0.15) is 0 Å². The topological polar surface area (TPSA) is 71.5 Å². The Bertz CT molecular complexity index is 995. The summed E-state index contributed by atoms with van der Waals surface area (Å²) in [6, 6.07) is 1.83. The first-order valence-corrected chi connectivity index (χ1v) is 11.7. The number of hydrogen-bond acceptors (Lipinski definition) is 5. The van der Waals surface area contributed by atoms with Gasteiger partial charge in [0.1, 0.15) is 5.82 Å². The molecule has 1 N–H and O–H groups in total. The molecule has 0 aliphatic heterocycles. The van der Waals surface area contributed by atoms with E-state index in [1.807, 2.05) is 27.0 Å². The number of allylic oxidation sites excluding steroid dienone is 1. The second kappa shape index (κ2) is 12.3. The number of amides is 2. The molecule has 0 fully saturated rings. The predicted octanol–water partition coefficient (Wildman–Crippen LogP) is 5.38. The van der Waals surface area contributed by atoms with Crippen molar-refractivity contribution >= 4 is 41.6 Å². The molecule has 0 saturated carbocycles. The van der Waals surface area contributed by atoms with Gasteiger partial charge in [0.05, 0.1) is 12.6 Å². The average molecular weight is 456 g/mol. The van der Waals surface area contributed by atoms with Gasteiger partial charge >= 0.3 is 0 Å². The summed E-state index contributed by atoms with van der Waals surface area (Å²) in [6.07, 6.45) is 10.7. The van der Waals surface area contributed by atoms with Crippen LogP contribution in [0.2, 0.25) is 0 Å². The van der Waals surface area contributed by atoms with Gasteiger partial charge in [0.15, 0.2) is 0 Å². The summed E-state index contributed by atoms with van der Waals surface area (Å²) in [5, 5.41) is 2.58. The number of anilines is 1. The fourth-order valence-corrected chi connectivity index (χ4v) is 4.96. The second-order valence-electron chi connectivity index (χ2n) is 7.42. The summed E-state index contributed by atoms with van der Waals surface area (Å²) >= 11 is 1.76. The van der Waals surface area contributed by atoms with Crippen LogP contribution in [0.1, 0.15) is 65.7 Å². The average Bonchev–Trinajstić information content (AvgIpc) is 3.11. The smallest absolute Gasteiger partial charge is 0.246 e. The molecular weight excluding hydrogens is 422 g/mol. The lowest BCUT2D eigenvalue weighted by atomic mass is 10.0. The van der Waals surface area contributed by atoms with Gasteiger partial charge in [0.25, 0.3) is 0 Å². The Morgan fingerprint density at radius 3 is 2.72 bits per heavy atom. The van der Waals surface area contributed by atoms with Gasteiger partial charge in [0, 0.05) is 41.2 Å². The van der Waals surface area contributed by atoms with Crippen LogP contribution >= 0.6 is 11.3 Å². The lowest BCUT2D eigenvalue weighted by Gasteiger charge is -2.23. The van der Waals surface area contributed by atoms with E-state index >= 15 is 0 Å². The van der Waals surface area contributed by atoms with Crippen molar-refractivity contribution in [1.29, 1.82) is 0 Å². The first-order valence-electron chi connectivity index (χ1n) is 10.8. The van der Waals surface area contributed by atoms with E-state index in [2.05, 4.69) is 43.2 Å². The van der Waals surface area contributed by atoms with Gasteiger partial charge in [-0.05, 0) is 69.0 Å². The number of nitrogens with zero attached hydrogens (tertiary/aromatic N) is 2. The van der Waals surface area contributed by atoms with Crippen LogP contribution in [0, 0.1) is 6.92 Å². The van der Waals surface area contributed by atoms with Crippen molar-refractivity contribution in [1.82, 2.24) is 9.88 Å². The zero-order valence-electron chi connectivity index (χ0n) is 19.8. The number of likely N-dealkylation sites (N-methyl/N-ethyl adjacent to an activating group) is 1. The molecular formula is C25H33N3O3S. The summed E-state index contributed by atoms with van der Waals surface area (Å²) < 4.78 is 5.46. The number of rotatable bonds is 11. The molecule has 2 heterocycles. The van der Waals surface area contributed by atoms with E-state index in [1.54, 1.807) is 34.6 Å². The third-order valence-corrected chi connectivity index (χ3v) is 6.85. The Morgan fingerprint density at radius 1 is 1.34 bits per heavy atom. The molecule has 2 rings (SSSR count). The molecule has 7 heteroatoms. The van der Waals surface area contributed by atoms with Crippen LogP contribution in [0.3, 0.4) is 0 Å². The molecule has 0 bridgehead atoms. The van der Waals surface area contributed by atoms with E-state index in [0.29, 0.717) is 25.4 Å². The molecule has 2 amide bonds. The van der Waals surface area contributed by atoms with Crippen LogP contribution in [-0.4, -0.2) is 35.9 Å². The Hall–Kier alpha value is -2.77. The standard InChI is InChI=1S/C25H33N3O3S/c1-7-10-22-21(8-2)17(4)24(32-22)18(5)28(6)23(30)12-11-19-13-20(15-31-9-3)25(26-14-19)27-16-29/h7,10-14,16,18H,8-9,15H2,1-6H3,(H,26,27,29)/b10-7-,12-11+. The quantitative estimate of drug-likeness (QED) is 0.364. The van der Waals surface area contributed by atoms with Crippen molar-refractivity contribution in [3.8, 4) is 0 Å². The maximum Gasteiger partial charge on any atom is 0.246 e. The second-order valence-corrected chi connectivity index (χ2v) is 8.51. The summed E-state index contributed by atoms with van der Waals surface area (Å²) in [5.41, 5.74) is 4.14. The van der Waals surface area contributed by atoms with E-state index in [4.69, 9.17) is 4.74 Å². The first kappa shape index (κ1) is 25.5. The van der Waals surface area contributed by atoms with Crippen molar-refractivity contribution in [3.63, 3.8) is 0 Å². The fourth-order valence-electron chi connectivity index (χ4n) is 3.49. The van der Waals surface area contributed by atoms with E-state index < -0.39 is 0 Å². The molecule has 1 atom stereocenters. The lowest BCUT2D eigenvalue weighted by Crippen LogP contribution is -2.27. The third kappa shape index (κ3) is 6.14. The fraction of sp³-hybridized carbons (Fsp3) is 0.400. The minimum atomic E-state index is -0.0858. The van der Waals surface area contributed by atoms with E-state index in [0.717, 1.165) is 17.5 Å². The minimum Gasteiger partial charge on any atom is -0.377 e. The largest absolute Gasteiger partial charge is 0.377 e. The van der Waals surface area contributed by atoms with Crippen LogP contribution in [0.5, 0.6) is 0 Å². The maximum absolute atomic E-state index is 12.9. The normalized spacial score (nSPS) is 12.4. The van der Waals surface area contributed by atoms with Crippen molar-refractivity contribution in [2.75, 3.05) is 19.0 Å².